The topological polar surface area (TPSA) is 69.4 Å². The van der Waals surface area contributed by atoms with Crippen LogP contribution in [0.25, 0.3) is 0 Å². The summed E-state index contributed by atoms with van der Waals surface area (Å²) >= 11 is 10.4. The van der Waals surface area contributed by atoms with Crippen LogP contribution in [-0.4, -0.2) is 29.7 Å². The number of nitrogens with two attached hydrogens (primary N) is 1. The first-order valence-corrected chi connectivity index (χ1v) is 3.70. The van der Waals surface area contributed by atoms with Crippen LogP contribution in [0.5, 0.6) is 0 Å². The molecule has 0 saturated heterocycles. The molecule has 11 heavy (non-hydrogen) atoms. The van der Waals surface area contributed by atoms with Crippen molar-refractivity contribution in [3.05, 3.63) is 0 Å². The van der Waals surface area contributed by atoms with Crippen LogP contribution in [0.4, 0.5) is 0 Å². The standard InChI is InChI=1S/C5H7Cl2NO3/c6-1-4(9)11-2-3(7)5(8)10/h3H,1-2H2,(H2,8,10). The number of rotatable bonds is 4. The molecule has 0 saturated carbocycles. The van der Waals surface area contributed by atoms with E-state index in [1.54, 1.807) is 0 Å². The molecule has 0 aromatic rings. The summed E-state index contributed by atoms with van der Waals surface area (Å²) in [4.78, 5) is 20.6. The Morgan fingerprint density at radius 3 is 2.45 bits per heavy atom. The first kappa shape index (κ1) is 10.5. The number of halogens is 2. The Morgan fingerprint density at radius 2 is 2.09 bits per heavy atom. The number of amides is 1. The number of primary amides is 1. The minimum atomic E-state index is -0.984. The summed E-state index contributed by atoms with van der Waals surface area (Å²) in [5, 5.41) is -0.984. The van der Waals surface area contributed by atoms with Gasteiger partial charge in [-0.1, -0.05) is 0 Å². The van der Waals surface area contributed by atoms with Crippen molar-refractivity contribution in [2.24, 2.45) is 5.73 Å². The van der Waals surface area contributed by atoms with Crippen LogP contribution in [0, 0.1) is 0 Å². The van der Waals surface area contributed by atoms with Gasteiger partial charge in [0.2, 0.25) is 5.91 Å². The molecule has 2 N–H and O–H groups in total. The van der Waals surface area contributed by atoms with E-state index in [0.29, 0.717) is 0 Å². The maximum Gasteiger partial charge on any atom is 0.320 e. The van der Waals surface area contributed by atoms with Crippen molar-refractivity contribution in [1.29, 1.82) is 0 Å². The van der Waals surface area contributed by atoms with Crippen LogP contribution in [0.15, 0.2) is 0 Å². The van der Waals surface area contributed by atoms with E-state index >= 15 is 0 Å². The molecule has 0 heterocycles. The minimum Gasteiger partial charge on any atom is -0.463 e. The van der Waals surface area contributed by atoms with Gasteiger partial charge in [-0.25, -0.2) is 0 Å². The average molecular weight is 200 g/mol. The molecular weight excluding hydrogens is 193 g/mol. The number of carbonyl (C=O) groups excluding carboxylic acids is 2. The highest BCUT2D eigenvalue weighted by Crippen LogP contribution is 1.95. The molecule has 6 heteroatoms. The molecule has 0 fully saturated rings. The highest BCUT2D eigenvalue weighted by atomic mass is 35.5. The molecule has 0 aromatic heterocycles. The lowest BCUT2D eigenvalue weighted by Crippen LogP contribution is -2.29. The van der Waals surface area contributed by atoms with Gasteiger partial charge in [0.25, 0.3) is 0 Å². The van der Waals surface area contributed by atoms with Crippen molar-refractivity contribution in [1.82, 2.24) is 0 Å². The second-order valence-electron chi connectivity index (χ2n) is 1.69. The smallest absolute Gasteiger partial charge is 0.320 e. The van der Waals surface area contributed by atoms with Crippen LogP contribution >= 0.6 is 23.2 Å². The van der Waals surface area contributed by atoms with Crippen molar-refractivity contribution in [2.45, 2.75) is 5.38 Å². The van der Waals surface area contributed by atoms with Crippen LogP contribution in [0.2, 0.25) is 0 Å². The third kappa shape index (κ3) is 4.86. The maximum atomic E-state index is 10.4. The van der Waals surface area contributed by atoms with E-state index < -0.39 is 17.3 Å². The molecule has 4 nitrogen and oxygen atoms in total. The van der Waals surface area contributed by atoms with Gasteiger partial charge < -0.3 is 10.5 Å². The number of ether oxygens (including phenoxy) is 1. The largest absolute Gasteiger partial charge is 0.463 e. The third-order valence-corrected chi connectivity index (χ3v) is 1.37. The molecule has 1 atom stereocenters. The SMILES string of the molecule is NC(=O)C(Cl)COC(=O)CCl. The van der Waals surface area contributed by atoms with Gasteiger partial charge in [0.05, 0.1) is 0 Å². The minimum absolute atomic E-state index is 0.234. The summed E-state index contributed by atoms with van der Waals surface area (Å²) < 4.78 is 4.41. The van der Waals surface area contributed by atoms with Crippen LogP contribution in [0.1, 0.15) is 0 Å². The Hall–Kier alpha value is -0.480. The van der Waals surface area contributed by atoms with E-state index in [0.717, 1.165) is 0 Å². The van der Waals surface area contributed by atoms with Gasteiger partial charge in [0.15, 0.2) is 0 Å². The molecule has 0 radical (unpaired) electrons. The summed E-state index contributed by atoms with van der Waals surface area (Å²) in [6, 6.07) is 0. The summed E-state index contributed by atoms with van der Waals surface area (Å²) in [6.45, 7) is -0.234. The molecule has 0 aliphatic carbocycles. The van der Waals surface area contributed by atoms with Gasteiger partial charge in [-0.15, -0.1) is 23.2 Å². The number of alkyl halides is 2. The summed E-state index contributed by atoms with van der Waals surface area (Å²) in [6.07, 6.45) is 0. The normalized spacial score (nSPS) is 12.2. The Balaban J connectivity index is 3.54. The lowest BCUT2D eigenvalue weighted by atomic mass is 10.4. The van der Waals surface area contributed by atoms with Crippen LogP contribution in [0.3, 0.4) is 0 Å². The second kappa shape index (κ2) is 5.21. The molecule has 0 aliphatic heterocycles. The van der Waals surface area contributed by atoms with Gasteiger partial charge in [0.1, 0.15) is 17.9 Å². The lowest BCUT2D eigenvalue weighted by Gasteiger charge is -2.04. The quantitative estimate of drug-likeness (QED) is 0.507. The summed E-state index contributed by atoms with van der Waals surface area (Å²) in [5.74, 6) is -1.62. The summed E-state index contributed by atoms with van der Waals surface area (Å²) in [7, 11) is 0. The van der Waals surface area contributed by atoms with Crippen molar-refractivity contribution >= 4 is 35.1 Å². The summed E-state index contributed by atoms with van der Waals surface area (Å²) in [5.41, 5.74) is 4.77. The molecule has 0 rings (SSSR count). The van der Waals surface area contributed by atoms with Crippen LogP contribution in [-0.2, 0) is 14.3 Å². The zero-order chi connectivity index (χ0) is 8.85. The molecule has 1 unspecified atom stereocenters. The first-order chi connectivity index (χ1) is 5.07. The van der Waals surface area contributed by atoms with E-state index in [1.807, 2.05) is 0 Å². The fraction of sp³-hybridized carbons (Fsp3) is 0.600. The number of hydrogen-bond donors (Lipinski definition) is 1. The third-order valence-electron chi connectivity index (χ3n) is 0.808. The van der Waals surface area contributed by atoms with Crippen LogP contribution < -0.4 is 5.73 Å². The Bertz CT molecular complexity index is 162. The first-order valence-electron chi connectivity index (χ1n) is 2.73. The highest BCUT2D eigenvalue weighted by Gasteiger charge is 2.13. The zero-order valence-corrected chi connectivity index (χ0v) is 7.06. The molecule has 0 aliphatic rings. The van der Waals surface area contributed by atoms with Gasteiger partial charge in [0, 0.05) is 0 Å². The van der Waals surface area contributed by atoms with Gasteiger partial charge in [-0.05, 0) is 0 Å². The number of hydrogen-bond acceptors (Lipinski definition) is 3. The fourth-order valence-corrected chi connectivity index (χ4v) is 0.427. The Morgan fingerprint density at radius 1 is 1.55 bits per heavy atom. The molecule has 0 spiro atoms. The fourth-order valence-electron chi connectivity index (χ4n) is 0.287. The predicted octanol–water partition coefficient (Wildman–Crippen LogP) is -0.139. The lowest BCUT2D eigenvalue weighted by molar-refractivity contribution is -0.141. The average Bonchev–Trinajstić information content (AvgIpc) is 1.99. The molecule has 1 amide bonds. The van der Waals surface area contributed by atoms with E-state index in [4.69, 9.17) is 28.9 Å². The zero-order valence-electron chi connectivity index (χ0n) is 5.55. The highest BCUT2D eigenvalue weighted by molar-refractivity contribution is 6.30. The van der Waals surface area contributed by atoms with Gasteiger partial charge in [-0.2, -0.15) is 0 Å². The van der Waals surface area contributed by atoms with Crippen molar-refractivity contribution in [3.63, 3.8) is 0 Å². The Labute approximate surface area is 73.6 Å². The van der Waals surface area contributed by atoms with Crippen molar-refractivity contribution in [3.8, 4) is 0 Å². The molecule has 0 aromatic carbocycles. The molecular formula is C5H7Cl2NO3. The second-order valence-corrected chi connectivity index (χ2v) is 2.48. The maximum absolute atomic E-state index is 10.4. The van der Waals surface area contributed by atoms with E-state index in [-0.39, 0.29) is 12.5 Å². The van der Waals surface area contributed by atoms with Gasteiger partial charge >= 0.3 is 5.97 Å². The monoisotopic (exact) mass is 199 g/mol. The van der Waals surface area contributed by atoms with E-state index in [2.05, 4.69) is 4.74 Å². The predicted molar refractivity (Wildman–Crippen MR) is 40.5 cm³/mol. The van der Waals surface area contributed by atoms with Crippen molar-refractivity contribution < 1.29 is 14.3 Å². The van der Waals surface area contributed by atoms with E-state index in [1.165, 1.54) is 0 Å². The van der Waals surface area contributed by atoms with Crippen molar-refractivity contribution in [2.75, 3.05) is 12.5 Å². The number of esters is 1. The number of carbonyl (C=O) groups is 2. The molecule has 64 valence electrons. The Kier molecular flexibility index (Phi) is 4.98. The molecule has 0 bridgehead atoms. The van der Waals surface area contributed by atoms with Gasteiger partial charge in [-0.3, -0.25) is 9.59 Å². The van der Waals surface area contributed by atoms with E-state index in [9.17, 15) is 9.59 Å².